The number of pyridine rings is 1. The van der Waals surface area contributed by atoms with E-state index in [4.69, 9.17) is 4.74 Å². The van der Waals surface area contributed by atoms with Gasteiger partial charge in [-0.15, -0.1) is 0 Å². The Hall–Kier alpha value is -3.09. The first-order valence-corrected chi connectivity index (χ1v) is 9.45. The molecule has 1 saturated heterocycles. The second kappa shape index (κ2) is 9.21. The van der Waals surface area contributed by atoms with Crippen LogP contribution in [0.2, 0.25) is 0 Å². The highest BCUT2D eigenvalue weighted by atomic mass is 16.5. The van der Waals surface area contributed by atoms with Gasteiger partial charge in [0, 0.05) is 32.0 Å². The quantitative estimate of drug-likeness (QED) is 0.798. The Morgan fingerprint density at radius 2 is 1.96 bits per heavy atom. The standard InChI is InChI=1S/C21H25N3O4/c1-15(28-19-6-4-18(25)5-7-19)21(27)24-11-8-16(9-12-24)13-23-20(26)17-3-2-10-22-14-17/h2-7,10,14-16,25H,8-9,11-13H2,1H3,(H,23,26). The van der Waals surface area contributed by atoms with Gasteiger partial charge < -0.3 is 20.1 Å². The van der Waals surface area contributed by atoms with Gasteiger partial charge in [-0.1, -0.05) is 0 Å². The molecule has 1 atom stereocenters. The van der Waals surface area contributed by atoms with Gasteiger partial charge in [0.25, 0.3) is 11.8 Å². The Kier molecular flexibility index (Phi) is 6.47. The maximum Gasteiger partial charge on any atom is 0.263 e. The van der Waals surface area contributed by atoms with Gasteiger partial charge in [-0.2, -0.15) is 0 Å². The fourth-order valence-electron chi connectivity index (χ4n) is 3.23. The molecular weight excluding hydrogens is 358 g/mol. The van der Waals surface area contributed by atoms with Crippen molar-refractivity contribution in [3.63, 3.8) is 0 Å². The molecule has 2 aromatic rings. The molecular formula is C21H25N3O4. The van der Waals surface area contributed by atoms with Crippen molar-refractivity contribution in [3.05, 3.63) is 54.4 Å². The van der Waals surface area contributed by atoms with Crippen LogP contribution in [0.25, 0.3) is 0 Å². The van der Waals surface area contributed by atoms with E-state index in [1.807, 2.05) is 4.90 Å². The summed E-state index contributed by atoms with van der Waals surface area (Å²) in [6, 6.07) is 9.79. The summed E-state index contributed by atoms with van der Waals surface area (Å²) in [6.45, 7) is 3.62. The van der Waals surface area contributed by atoms with Gasteiger partial charge in [-0.25, -0.2) is 0 Å². The smallest absolute Gasteiger partial charge is 0.263 e. The van der Waals surface area contributed by atoms with Crippen molar-refractivity contribution in [3.8, 4) is 11.5 Å². The number of benzene rings is 1. The van der Waals surface area contributed by atoms with Gasteiger partial charge in [0.05, 0.1) is 5.56 Å². The van der Waals surface area contributed by atoms with E-state index in [-0.39, 0.29) is 17.6 Å². The highest BCUT2D eigenvalue weighted by Gasteiger charge is 2.27. The van der Waals surface area contributed by atoms with Crippen LogP contribution in [0.4, 0.5) is 0 Å². The minimum absolute atomic E-state index is 0.0501. The van der Waals surface area contributed by atoms with Crippen molar-refractivity contribution in [2.45, 2.75) is 25.9 Å². The highest BCUT2D eigenvalue weighted by Crippen LogP contribution is 2.20. The second-order valence-electron chi connectivity index (χ2n) is 6.97. The third-order valence-electron chi connectivity index (χ3n) is 4.90. The van der Waals surface area contributed by atoms with Crippen LogP contribution < -0.4 is 10.1 Å². The minimum atomic E-state index is -0.591. The van der Waals surface area contributed by atoms with Gasteiger partial charge in [0.2, 0.25) is 0 Å². The molecule has 1 unspecified atom stereocenters. The average molecular weight is 383 g/mol. The molecule has 0 saturated carbocycles. The fraction of sp³-hybridized carbons (Fsp3) is 0.381. The van der Waals surface area contributed by atoms with Crippen LogP contribution >= 0.6 is 0 Å². The van der Waals surface area contributed by atoms with Crippen molar-refractivity contribution in [2.75, 3.05) is 19.6 Å². The summed E-state index contributed by atoms with van der Waals surface area (Å²) in [5.74, 6) is 0.877. The number of carbonyl (C=O) groups excluding carboxylic acids is 2. The average Bonchev–Trinajstić information content (AvgIpc) is 2.74. The second-order valence-corrected chi connectivity index (χ2v) is 6.97. The SMILES string of the molecule is CC(Oc1ccc(O)cc1)C(=O)N1CCC(CNC(=O)c2cccnc2)CC1. The molecule has 0 radical (unpaired) electrons. The van der Waals surface area contributed by atoms with Crippen LogP contribution in [0.15, 0.2) is 48.8 Å². The third-order valence-corrected chi connectivity index (χ3v) is 4.90. The Morgan fingerprint density at radius 1 is 1.25 bits per heavy atom. The number of aromatic hydroxyl groups is 1. The summed E-state index contributed by atoms with van der Waals surface area (Å²) in [4.78, 5) is 30.5. The molecule has 2 N–H and O–H groups in total. The summed E-state index contributed by atoms with van der Waals surface area (Å²) in [7, 11) is 0. The van der Waals surface area contributed by atoms with Crippen LogP contribution in [0.5, 0.6) is 11.5 Å². The van der Waals surface area contributed by atoms with E-state index < -0.39 is 6.10 Å². The molecule has 1 aliphatic heterocycles. The summed E-state index contributed by atoms with van der Waals surface area (Å²) >= 11 is 0. The van der Waals surface area contributed by atoms with Crippen molar-refractivity contribution in [2.24, 2.45) is 5.92 Å². The molecule has 1 aromatic heterocycles. The number of nitrogens with one attached hydrogen (secondary N) is 1. The number of hydrogen-bond donors (Lipinski definition) is 2. The van der Waals surface area contributed by atoms with Crippen LogP contribution in [0.1, 0.15) is 30.1 Å². The molecule has 3 rings (SSSR count). The lowest BCUT2D eigenvalue weighted by Gasteiger charge is -2.33. The monoisotopic (exact) mass is 383 g/mol. The number of phenols is 1. The lowest BCUT2D eigenvalue weighted by molar-refractivity contribution is -0.139. The van der Waals surface area contributed by atoms with E-state index in [0.29, 0.717) is 36.9 Å². The number of nitrogens with zero attached hydrogens (tertiary/aromatic N) is 2. The first-order chi connectivity index (χ1) is 13.5. The molecule has 0 bridgehead atoms. The van der Waals surface area contributed by atoms with E-state index in [9.17, 15) is 14.7 Å². The highest BCUT2D eigenvalue weighted by molar-refractivity contribution is 5.93. The molecule has 1 fully saturated rings. The molecule has 2 amide bonds. The van der Waals surface area contributed by atoms with Gasteiger partial charge in [-0.3, -0.25) is 14.6 Å². The van der Waals surface area contributed by atoms with Crippen LogP contribution in [-0.4, -0.2) is 52.5 Å². The molecule has 0 aliphatic carbocycles. The number of likely N-dealkylation sites (tertiary alicyclic amines) is 1. The molecule has 2 heterocycles. The van der Waals surface area contributed by atoms with E-state index in [1.54, 1.807) is 43.6 Å². The number of phenolic OH excluding ortho intramolecular Hbond substituents is 1. The first kappa shape index (κ1) is 19.7. The number of aromatic nitrogens is 1. The molecule has 1 aliphatic rings. The summed E-state index contributed by atoms with van der Waals surface area (Å²) < 4.78 is 5.67. The number of rotatable bonds is 6. The number of carbonyl (C=O) groups is 2. The minimum Gasteiger partial charge on any atom is -0.508 e. The lowest BCUT2D eigenvalue weighted by Crippen LogP contribution is -2.46. The van der Waals surface area contributed by atoms with Crippen LogP contribution in [0, 0.1) is 5.92 Å². The number of amides is 2. The van der Waals surface area contributed by atoms with Gasteiger partial charge >= 0.3 is 0 Å². The predicted molar refractivity (Wildman–Crippen MR) is 104 cm³/mol. The summed E-state index contributed by atoms with van der Waals surface area (Å²) in [5.41, 5.74) is 0.551. The maximum atomic E-state index is 12.6. The number of hydrogen-bond acceptors (Lipinski definition) is 5. The van der Waals surface area contributed by atoms with Crippen molar-refractivity contribution < 1.29 is 19.4 Å². The normalized spacial score (nSPS) is 15.7. The number of ether oxygens (including phenoxy) is 1. The van der Waals surface area contributed by atoms with E-state index >= 15 is 0 Å². The fourth-order valence-corrected chi connectivity index (χ4v) is 3.23. The summed E-state index contributed by atoms with van der Waals surface area (Å²) in [6.07, 6.45) is 4.27. The molecule has 148 valence electrons. The van der Waals surface area contributed by atoms with Gasteiger partial charge in [-0.05, 0) is 62.1 Å². The topological polar surface area (TPSA) is 91.8 Å². The molecule has 7 nitrogen and oxygen atoms in total. The molecule has 28 heavy (non-hydrogen) atoms. The van der Waals surface area contributed by atoms with Crippen molar-refractivity contribution in [1.29, 1.82) is 0 Å². The zero-order chi connectivity index (χ0) is 19.9. The van der Waals surface area contributed by atoms with Crippen LogP contribution in [-0.2, 0) is 4.79 Å². The Balaban J connectivity index is 1.42. The predicted octanol–water partition coefficient (Wildman–Crippen LogP) is 2.22. The van der Waals surface area contributed by atoms with Gasteiger partial charge in [0.1, 0.15) is 11.5 Å². The zero-order valence-corrected chi connectivity index (χ0v) is 15.9. The van der Waals surface area contributed by atoms with Gasteiger partial charge in [0.15, 0.2) is 6.10 Å². The lowest BCUT2D eigenvalue weighted by atomic mass is 9.96. The maximum absolute atomic E-state index is 12.6. The summed E-state index contributed by atoms with van der Waals surface area (Å²) in [5, 5.41) is 12.3. The number of piperidine rings is 1. The zero-order valence-electron chi connectivity index (χ0n) is 15.9. The Bertz CT molecular complexity index is 787. The van der Waals surface area contributed by atoms with E-state index in [2.05, 4.69) is 10.3 Å². The Morgan fingerprint density at radius 3 is 2.61 bits per heavy atom. The third kappa shape index (κ3) is 5.22. The molecule has 0 spiro atoms. The van der Waals surface area contributed by atoms with Crippen molar-refractivity contribution >= 4 is 11.8 Å². The van der Waals surface area contributed by atoms with Crippen LogP contribution in [0.3, 0.4) is 0 Å². The first-order valence-electron chi connectivity index (χ1n) is 9.45. The Labute approximate surface area is 164 Å². The molecule has 7 heteroatoms. The molecule has 1 aromatic carbocycles. The van der Waals surface area contributed by atoms with Crippen molar-refractivity contribution in [1.82, 2.24) is 15.2 Å². The largest absolute Gasteiger partial charge is 0.508 e. The van der Waals surface area contributed by atoms with E-state index in [0.717, 1.165) is 12.8 Å². The van der Waals surface area contributed by atoms with E-state index in [1.165, 1.54) is 12.1 Å².